The average Bonchev–Trinajstić information content (AvgIpc) is 3.64. The van der Waals surface area contributed by atoms with Gasteiger partial charge in [0.2, 0.25) is 11.8 Å². The van der Waals surface area contributed by atoms with Crippen LogP contribution in [-0.2, 0) is 27.4 Å². The molecule has 2 fully saturated rings. The number of benzene rings is 2. The van der Waals surface area contributed by atoms with Crippen LogP contribution in [0.5, 0.6) is 11.5 Å². The van der Waals surface area contributed by atoms with Gasteiger partial charge in [0.15, 0.2) is 11.5 Å². The fourth-order valence-corrected chi connectivity index (χ4v) is 5.75. The van der Waals surface area contributed by atoms with Crippen LogP contribution in [0.25, 0.3) is 0 Å². The van der Waals surface area contributed by atoms with Gasteiger partial charge in [-0.1, -0.05) is 18.2 Å². The van der Waals surface area contributed by atoms with Gasteiger partial charge in [0.05, 0.1) is 25.5 Å². The fraction of sp³-hybridized carbons (Fsp3) is 0.375. The summed E-state index contributed by atoms with van der Waals surface area (Å²) < 4.78 is 41.6. The summed E-state index contributed by atoms with van der Waals surface area (Å²) in [5.74, 6) is -0.765. The third-order valence-electron chi connectivity index (χ3n) is 8.38. The van der Waals surface area contributed by atoms with Crippen molar-refractivity contribution in [3.63, 3.8) is 0 Å². The number of aromatic nitrogens is 1. The molecule has 2 atom stereocenters. The zero-order chi connectivity index (χ0) is 32.4. The number of carbonyl (C=O) groups excluding carboxylic acids is 3. The third kappa shape index (κ3) is 7.29. The van der Waals surface area contributed by atoms with Crippen molar-refractivity contribution in [1.29, 1.82) is 0 Å². The van der Waals surface area contributed by atoms with Crippen LogP contribution in [0, 0.1) is 5.92 Å². The summed E-state index contributed by atoms with van der Waals surface area (Å²) >= 11 is 0. The van der Waals surface area contributed by atoms with Crippen molar-refractivity contribution in [2.75, 3.05) is 18.5 Å². The summed E-state index contributed by atoms with van der Waals surface area (Å²) in [6.45, 7) is -0.654. The van der Waals surface area contributed by atoms with E-state index in [1.165, 1.54) is 17.9 Å². The number of alkyl halides is 2. The maximum Gasteiger partial charge on any atom is 0.491 e. The number of nitrogens with one attached hydrogen (secondary N) is 2. The zero-order valence-corrected chi connectivity index (χ0v) is 25.1. The Balaban J connectivity index is 1.09. The Hall–Kier alpha value is -4.56. The number of fused-ring (bicyclic) bond motifs is 1. The first kappa shape index (κ1) is 31.4. The highest BCUT2D eigenvalue weighted by Gasteiger charge is 2.39. The van der Waals surface area contributed by atoms with E-state index in [-0.39, 0.29) is 54.6 Å². The van der Waals surface area contributed by atoms with E-state index in [2.05, 4.69) is 20.4 Å². The lowest BCUT2D eigenvalue weighted by atomic mass is 9.79. The Morgan fingerprint density at radius 3 is 2.72 bits per heavy atom. The molecule has 3 aromatic rings. The molecule has 0 bridgehead atoms. The molecule has 0 radical (unpaired) electrons. The van der Waals surface area contributed by atoms with Crippen LogP contribution >= 0.6 is 0 Å². The second kappa shape index (κ2) is 13.4. The van der Waals surface area contributed by atoms with E-state index in [1.807, 2.05) is 0 Å². The second-order valence-electron chi connectivity index (χ2n) is 11.7. The number of pyridine rings is 1. The SMILES string of the molecule is CC(=O)N1CC(c2ccc(OC(F)F)c(OCC3CC3)c2)C[C@@H]1C(=O)NCc1cccc(C(=O)Nc2ccc3c(c2)COB3O)n1. The van der Waals surface area contributed by atoms with Gasteiger partial charge in [0.25, 0.3) is 5.91 Å². The lowest BCUT2D eigenvalue weighted by Crippen LogP contribution is -2.45. The molecular weight excluding hydrogens is 601 g/mol. The molecule has 3 heterocycles. The Bertz CT molecular complexity index is 1640. The normalized spacial score (nSPS) is 18.8. The quantitative estimate of drug-likeness (QED) is 0.274. The summed E-state index contributed by atoms with van der Waals surface area (Å²) in [7, 11) is -0.975. The van der Waals surface area contributed by atoms with E-state index in [0.717, 1.165) is 24.0 Å². The molecule has 2 aliphatic heterocycles. The van der Waals surface area contributed by atoms with Gasteiger partial charge in [-0.05, 0) is 78.2 Å². The molecule has 46 heavy (non-hydrogen) atoms. The Kier molecular flexibility index (Phi) is 9.18. The summed E-state index contributed by atoms with van der Waals surface area (Å²) in [6, 6.07) is 14.0. The second-order valence-corrected chi connectivity index (χ2v) is 11.7. The molecule has 0 spiro atoms. The van der Waals surface area contributed by atoms with Crippen molar-refractivity contribution in [3.8, 4) is 11.5 Å². The molecule has 1 aliphatic carbocycles. The van der Waals surface area contributed by atoms with E-state index in [4.69, 9.17) is 9.39 Å². The van der Waals surface area contributed by atoms with Gasteiger partial charge in [-0.2, -0.15) is 8.78 Å². The monoisotopic (exact) mass is 634 g/mol. The first-order chi connectivity index (χ1) is 22.1. The minimum atomic E-state index is -3.00. The van der Waals surface area contributed by atoms with Gasteiger partial charge in [-0.25, -0.2) is 4.98 Å². The van der Waals surface area contributed by atoms with Gasteiger partial charge in [0, 0.05) is 25.1 Å². The molecule has 1 aromatic heterocycles. The lowest BCUT2D eigenvalue weighted by Gasteiger charge is -2.22. The molecular formula is C32H33BF2N4O7. The largest absolute Gasteiger partial charge is 0.491 e. The van der Waals surface area contributed by atoms with E-state index in [9.17, 15) is 28.2 Å². The number of nitrogens with zero attached hydrogens (tertiary/aromatic N) is 2. The van der Waals surface area contributed by atoms with Crippen LogP contribution < -0.4 is 25.6 Å². The maximum atomic E-state index is 13.3. The van der Waals surface area contributed by atoms with Crippen molar-refractivity contribution in [2.45, 2.75) is 57.9 Å². The molecule has 3 amide bonds. The average molecular weight is 634 g/mol. The number of hydrogen-bond donors (Lipinski definition) is 3. The molecule has 1 saturated carbocycles. The predicted molar refractivity (Wildman–Crippen MR) is 163 cm³/mol. The molecule has 14 heteroatoms. The van der Waals surface area contributed by atoms with Crippen LogP contribution in [0.3, 0.4) is 0 Å². The third-order valence-corrected chi connectivity index (χ3v) is 8.38. The summed E-state index contributed by atoms with van der Waals surface area (Å²) in [5, 5.41) is 15.4. The molecule has 3 N–H and O–H groups in total. The van der Waals surface area contributed by atoms with Crippen molar-refractivity contribution in [2.24, 2.45) is 5.92 Å². The summed E-state index contributed by atoms with van der Waals surface area (Å²) in [5.41, 5.74) is 3.31. The molecule has 2 aromatic carbocycles. The number of halogens is 2. The fourth-order valence-electron chi connectivity index (χ4n) is 5.75. The highest BCUT2D eigenvalue weighted by molar-refractivity contribution is 6.61. The molecule has 1 unspecified atom stereocenters. The molecule has 1 saturated heterocycles. The van der Waals surface area contributed by atoms with Crippen molar-refractivity contribution < 1.29 is 42.3 Å². The van der Waals surface area contributed by atoms with E-state index >= 15 is 0 Å². The zero-order valence-electron chi connectivity index (χ0n) is 25.1. The van der Waals surface area contributed by atoms with Crippen molar-refractivity contribution in [1.82, 2.24) is 15.2 Å². The Morgan fingerprint density at radius 2 is 1.96 bits per heavy atom. The van der Waals surface area contributed by atoms with Gasteiger partial charge in [-0.15, -0.1) is 0 Å². The highest BCUT2D eigenvalue weighted by atomic mass is 19.3. The first-order valence-electron chi connectivity index (χ1n) is 15.1. The number of amides is 3. The van der Waals surface area contributed by atoms with Crippen LogP contribution in [-0.4, -0.2) is 65.6 Å². The van der Waals surface area contributed by atoms with Crippen LogP contribution in [0.2, 0.25) is 0 Å². The van der Waals surface area contributed by atoms with Crippen molar-refractivity contribution >= 4 is 36.0 Å². The number of hydrogen-bond acceptors (Lipinski definition) is 8. The molecule has 11 nitrogen and oxygen atoms in total. The number of likely N-dealkylation sites (tertiary alicyclic amines) is 1. The number of rotatable bonds is 11. The van der Waals surface area contributed by atoms with Gasteiger partial charge < -0.3 is 34.7 Å². The molecule has 240 valence electrons. The Morgan fingerprint density at radius 1 is 1.13 bits per heavy atom. The minimum absolute atomic E-state index is 0.0275. The number of carbonyl (C=O) groups is 3. The molecule has 3 aliphatic rings. The smallest absolute Gasteiger partial charge is 0.489 e. The maximum absolute atomic E-state index is 13.3. The lowest BCUT2D eigenvalue weighted by molar-refractivity contribution is -0.136. The van der Waals surface area contributed by atoms with Crippen LogP contribution in [0.15, 0.2) is 54.6 Å². The Labute approximate surface area is 264 Å². The molecule has 6 rings (SSSR count). The van der Waals surface area contributed by atoms with E-state index in [1.54, 1.807) is 48.5 Å². The van der Waals surface area contributed by atoms with Crippen LogP contribution in [0.4, 0.5) is 14.5 Å². The number of anilines is 1. The van der Waals surface area contributed by atoms with Crippen LogP contribution in [0.1, 0.15) is 59.4 Å². The summed E-state index contributed by atoms with van der Waals surface area (Å²) in [6.07, 6.45) is 2.38. The van der Waals surface area contributed by atoms with Gasteiger partial charge in [-0.3, -0.25) is 14.4 Å². The first-order valence-corrected chi connectivity index (χ1v) is 15.1. The minimum Gasteiger partial charge on any atom is -0.489 e. The standard InChI is InChI=1S/C32H33BF2N4O7/c1-18(40)39-15-21(20-7-10-28(46-32(34)35)29(13-20)44-16-19-5-6-19)12-27(39)31(42)36-14-24-3-2-4-26(37-24)30(41)38-23-8-9-25-22(11-23)17-45-33(25)43/h2-4,7-11,13,19,21,27,32,43H,5-6,12,14-17H2,1H3,(H,36,42)(H,38,41)/t21?,27-/m1/s1. The van der Waals surface area contributed by atoms with Crippen molar-refractivity contribution in [3.05, 3.63) is 77.1 Å². The topological polar surface area (TPSA) is 139 Å². The van der Waals surface area contributed by atoms with E-state index in [0.29, 0.717) is 35.8 Å². The van der Waals surface area contributed by atoms with E-state index < -0.39 is 25.7 Å². The predicted octanol–water partition coefficient (Wildman–Crippen LogP) is 2.96. The number of ether oxygens (including phenoxy) is 2. The highest BCUT2D eigenvalue weighted by Crippen LogP contribution is 2.39. The van der Waals surface area contributed by atoms with Gasteiger partial charge in [0.1, 0.15) is 11.7 Å². The van der Waals surface area contributed by atoms with Gasteiger partial charge >= 0.3 is 13.7 Å². The summed E-state index contributed by atoms with van der Waals surface area (Å²) in [4.78, 5) is 44.7.